The number of quaternary nitrogens is 1. The van der Waals surface area contributed by atoms with Crippen molar-refractivity contribution >= 4 is 11.6 Å². The molecule has 0 saturated carbocycles. The minimum absolute atomic E-state index is 0.0749. The van der Waals surface area contributed by atoms with Crippen molar-refractivity contribution in [2.24, 2.45) is 0 Å². The van der Waals surface area contributed by atoms with Gasteiger partial charge in [0.1, 0.15) is 18.0 Å². The highest BCUT2D eigenvalue weighted by Gasteiger charge is 2.42. The second-order valence-corrected chi connectivity index (χ2v) is 6.44. The predicted molar refractivity (Wildman–Crippen MR) is 82.2 cm³/mol. The molecule has 0 aliphatic heterocycles. The Hall–Kier alpha value is -2.98. The van der Waals surface area contributed by atoms with Crippen LogP contribution in [0.25, 0.3) is 0 Å². The maximum atomic E-state index is 12.8. The molecule has 2 aromatic rings. The Morgan fingerprint density at radius 1 is 1.12 bits per heavy atom. The normalized spacial score (nSPS) is 13.7. The molecule has 10 nitrogen and oxygen atoms in total. The van der Waals surface area contributed by atoms with Gasteiger partial charge in [-0.1, -0.05) is 9.78 Å². The first-order valence-corrected chi connectivity index (χ1v) is 7.57. The summed E-state index contributed by atoms with van der Waals surface area (Å²) in [5.74, 6) is -2.38. The number of ketones is 2. The monoisotopic (exact) mass is 350 g/mol. The van der Waals surface area contributed by atoms with E-state index in [2.05, 4.69) is 5.10 Å². The number of hydroxylamine groups is 3. The van der Waals surface area contributed by atoms with Crippen molar-refractivity contribution in [2.45, 2.75) is 13.0 Å². The summed E-state index contributed by atoms with van der Waals surface area (Å²) in [5.41, 5.74) is -1.09. The van der Waals surface area contributed by atoms with E-state index in [0.717, 1.165) is 16.8 Å². The number of fused-ring (bicyclic) bond motifs is 2. The number of aromatic amines is 1. The minimum Gasteiger partial charge on any atom is -0.507 e. The average Bonchev–Trinajstić information content (AvgIpc) is 2.83. The molecule has 0 fully saturated rings. The molecule has 0 unspecified atom stereocenters. The molecule has 25 heavy (non-hydrogen) atoms. The van der Waals surface area contributed by atoms with E-state index in [0.29, 0.717) is 13.0 Å². The Morgan fingerprint density at radius 3 is 2.24 bits per heavy atom. The fourth-order valence-corrected chi connectivity index (χ4v) is 2.91. The van der Waals surface area contributed by atoms with Crippen LogP contribution in [0.2, 0.25) is 0 Å². The Bertz CT molecular complexity index is 950. The number of hydrogen-bond donors (Lipinski definition) is 4. The summed E-state index contributed by atoms with van der Waals surface area (Å²) in [7, 11) is 3.13. The second kappa shape index (κ2) is 5.53. The van der Waals surface area contributed by atoms with Crippen LogP contribution in [0.3, 0.4) is 0 Å². The number of H-pyrrole nitrogens is 1. The van der Waals surface area contributed by atoms with E-state index < -0.39 is 23.1 Å². The molecular weight excluding hydrogens is 332 g/mol. The number of aromatic nitrogens is 3. The van der Waals surface area contributed by atoms with E-state index in [1.54, 1.807) is 14.1 Å². The van der Waals surface area contributed by atoms with Crippen LogP contribution in [0.1, 0.15) is 38.5 Å². The van der Waals surface area contributed by atoms with Crippen LogP contribution in [0.5, 0.6) is 11.5 Å². The van der Waals surface area contributed by atoms with Crippen molar-refractivity contribution in [1.82, 2.24) is 9.78 Å². The van der Waals surface area contributed by atoms with Crippen molar-refractivity contribution in [1.29, 1.82) is 0 Å². The van der Waals surface area contributed by atoms with Gasteiger partial charge in [-0.05, 0) is 12.1 Å². The van der Waals surface area contributed by atoms with Gasteiger partial charge in [0.2, 0.25) is 11.6 Å². The van der Waals surface area contributed by atoms with Crippen LogP contribution in [0.15, 0.2) is 12.1 Å². The molecule has 132 valence electrons. The summed E-state index contributed by atoms with van der Waals surface area (Å²) in [4.78, 5) is 37.4. The summed E-state index contributed by atoms with van der Waals surface area (Å²) in [6, 6.07) is 2.21. The minimum atomic E-state index is -0.750. The number of nitrogens with one attached hydrogen (secondary N) is 1. The molecule has 0 saturated heterocycles. The largest absolute Gasteiger partial charge is 0.507 e. The van der Waals surface area contributed by atoms with E-state index in [9.17, 15) is 29.9 Å². The SMILES string of the molecule is C[N+](C)(O)CCCn1c2c([nH][n+]1=O)C(=O)c1c(O)ccc(O)c1C2=O. The van der Waals surface area contributed by atoms with Crippen LogP contribution in [-0.4, -0.2) is 62.1 Å². The number of rotatable bonds is 4. The van der Waals surface area contributed by atoms with Gasteiger partial charge < -0.3 is 10.2 Å². The molecule has 1 aliphatic carbocycles. The van der Waals surface area contributed by atoms with Crippen molar-refractivity contribution in [3.8, 4) is 11.5 Å². The average molecular weight is 350 g/mol. The molecule has 0 atom stereocenters. The van der Waals surface area contributed by atoms with Gasteiger partial charge in [-0.15, -0.1) is 0 Å². The number of nitrogens with zero attached hydrogens (tertiary/aromatic N) is 3. The molecule has 0 spiro atoms. The Labute approximate surface area is 141 Å². The van der Waals surface area contributed by atoms with Gasteiger partial charge in [-0.2, -0.15) is 4.65 Å². The third-order valence-corrected chi connectivity index (χ3v) is 4.05. The van der Waals surface area contributed by atoms with Crippen LogP contribution >= 0.6 is 0 Å². The number of benzene rings is 1. The second-order valence-electron chi connectivity index (χ2n) is 6.44. The quantitative estimate of drug-likeness (QED) is 0.222. The Morgan fingerprint density at radius 2 is 1.68 bits per heavy atom. The lowest BCUT2D eigenvalue weighted by molar-refractivity contribution is -1.07. The zero-order chi connectivity index (χ0) is 18.5. The highest BCUT2D eigenvalue weighted by atomic mass is 16.5. The topological polar surface area (TPSA) is 139 Å². The van der Waals surface area contributed by atoms with Gasteiger partial charge in [0.25, 0.3) is 4.66 Å². The molecule has 3 rings (SSSR count). The number of phenols is 2. The molecule has 1 aromatic heterocycles. The first-order chi connectivity index (χ1) is 11.6. The van der Waals surface area contributed by atoms with E-state index in [1.807, 2.05) is 0 Å². The van der Waals surface area contributed by atoms with E-state index >= 15 is 0 Å². The number of hydrogen-bond acceptors (Lipinski definition) is 6. The Kier molecular flexibility index (Phi) is 3.73. The third kappa shape index (κ3) is 2.71. The summed E-state index contributed by atoms with van der Waals surface area (Å²) >= 11 is 0. The number of aromatic hydroxyl groups is 2. The zero-order valence-corrected chi connectivity index (χ0v) is 13.7. The molecule has 4 N–H and O–H groups in total. The van der Waals surface area contributed by atoms with Crippen molar-refractivity contribution in [2.75, 3.05) is 20.6 Å². The number of carbonyl (C=O) groups is 2. The fraction of sp³-hybridized carbons (Fsp3) is 0.333. The molecule has 1 heterocycles. The first kappa shape index (κ1) is 16.9. The van der Waals surface area contributed by atoms with Crippen LogP contribution in [0.4, 0.5) is 0 Å². The molecular formula is C15H18N4O6+2. The van der Waals surface area contributed by atoms with Crippen LogP contribution < -0.4 is 4.66 Å². The van der Waals surface area contributed by atoms with Crippen LogP contribution in [0, 0.1) is 4.91 Å². The lowest BCUT2D eigenvalue weighted by Crippen LogP contribution is -2.38. The maximum Gasteiger partial charge on any atom is 0.258 e. The third-order valence-electron chi connectivity index (χ3n) is 4.05. The van der Waals surface area contributed by atoms with Crippen molar-refractivity contribution in [3.05, 3.63) is 39.6 Å². The zero-order valence-electron chi connectivity index (χ0n) is 13.7. The van der Waals surface area contributed by atoms with Crippen LogP contribution in [-0.2, 0) is 6.54 Å². The molecule has 10 heteroatoms. The highest BCUT2D eigenvalue weighted by molar-refractivity contribution is 6.28. The fourth-order valence-electron chi connectivity index (χ4n) is 2.91. The molecule has 0 amide bonds. The number of phenolic OH excluding ortho intramolecular Hbond substituents is 2. The van der Waals surface area contributed by atoms with E-state index in [4.69, 9.17) is 0 Å². The van der Waals surface area contributed by atoms with Gasteiger partial charge >= 0.3 is 0 Å². The van der Waals surface area contributed by atoms with Gasteiger partial charge in [-0.3, -0.25) is 9.59 Å². The van der Waals surface area contributed by atoms with Crippen molar-refractivity contribution < 1.29 is 34.3 Å². The predicted octanol–water partition coefficient (Wildman–Crippen LogP) is -0.227. The summed E-state index contributed by atoms with van der Waals surface area (Å²) in [6.45, 7) is 0.392. The maximum absolute atomic E-state index is 12.8. The summed E-state index contributed by atoms with van der Waals surface area (Å²) in [5, 5.41) is 31.8. The van der Waals surface area contributed by atoms with Gasteiger partial charge in [0.15, 0.2) is 11.4 Å². The Balaban J connectivity index is 2.08. The van der Waals surface area contributed by atoms with E-state index in [-0.39, 0.29) is 38.4 Å². The van der Waals surface area contributed by atoms with E-state index in [1.165, 1.54) is 0 Å². The molecule has 0 bridgehead atoms. The number of carbonyl (C=O) groups excluding carboxylic acids is 2. The lowest BCUT2D eigenvalue weighted by Gasteiger charge is -2.18. The van der Waals surface area contributed by atoms with Crippen molar-refractivity contribution in [3.63, 3.8) is 0 Å². The standard InChI is InChI=1S/C15H16N4O6/c1-19(2,25)7-3-6-17-13-12(16-18(17)24)14(22)10-8(20)4-5-9(21)11(10)15(13)23/h4-5,25H,3,6-7H2,1-2H3,(H-2,16,20,21,22,23,24)/p+2. The summed E-state index contributed by atoms with van der Waals surface area (Å²) in [6.07, 6.45) is 0.362. The highest BCUT2D eigenvalue weighted by Crippen LogP contribution is 2.36. The lowest BCUT2D eigenvalue weighted by atomic mass is 9.88. The van der Waals surface area contributed by atoms with Gasteiger partial charge in [0.05, 0.1) is 36.7 Å². The summed E-state index contributed by atoms with van der Waals surface area (Å²) < 4.78 is 0.992. The van der Waals surface area contributed by atoms with Gasteiger partial charge in [0, 0.05) is 6.42 Å². The molecule has 0 radical (unpaired) electrons. The molecule has 1 aromatic carbocycles. The van der Waals surface area contributed by atoms with Gasteiger partial charge in [-0.25, -0.2) is 5.21 Å². The molecule has 1 aliphatic rings. The smallest absolute Gasteiger partial charge is 0.258 e. The first-order valence-electron chi connectivity index (χ1n) is 7.57.